The summed E-state index contributed by atoms with van der Waals surface area (Å²) in [4.78, 5) is 15.9. The molecular formula is C13H21N3O. The minimum Gasteiger partial charge on any atom is -0.373 e. The van der Waals surface area contributed by atoms with Crippen molar-refractivity contribution in [3.63, 3.8) is 0 Å². The number of hydrogen-bond acceptors (Lipinski definition) is 3. The summed E-state index contributed by atoms with van der Waals surface area (Å²) in [5.41, 5.74) is 0.833. The van der Waals surface area contributed by atoms with Gasteiger partial charge in [0.05, 0.1) is 5.56 Å². The van der Waals surface area contributed by atoms with E-state index in [1.54, 1.807) is 25.4 Å². The van der Waals surface area contributed by atoms with Crippen LogP contribution in [-0.2, 0) is 0 Å². The summed E-state index contributed by atoms with van der Waals surface area (Å²) >= 11 is 0. The van der Waals surface area contributed by atoms with E-state index in [2.05, 4.69) is 36.4 Å². The highest BCUT2D eigenvalue weighted by atomic mass is 16.1. The predicted molar refractivity (Wildman–Crippen MR) is 70.2 cm³/mol. The Labute approximate surface area is 103 Å². The van der Waals surface area contributed by atoms with Gasteiger partial charge in [-0.25, -0.2) is 4.98 Å². The zero-order valence-corrected chi connectivity index (χ0v) is 11.0. The van der Waals surface area contributed by atoms with Crippen LogP contribution in [0.2, 0.25) is 0 Å². The summed E-state index contributed by atoms with van der Waals surface area (Å²) in [5.74, 6) is 0.695. The molecule has 0 atom stereocenters. The maximum Gasteiger partial charge on any atom is 0.252 e. The second kappa shape index (κ2) is 5.66. The molecule has 0 fully saturated rings. The molecule has 0 bridgehead atoms. The first kappa shape index (κ1) is 13.5. The van der Waals surface area contributed by atoms with Crippen LogP contribution in [0.3, 0.4) is 0 Å². The van der Waals surface area contributed by atoms with Gasteiger partial charge in [0.2, 0.25) is 0 Å². The zero-order chi connectivity index (χ0) is 12.9. The molecule has 0 aliphatic heterocycles. The molecule has 1 heterocycles. The van der Waals surface area contributed by atoms with Crippen molar-refractivity contribution in [3.8, 4) is 0 Å². The van der Waals surface area contributed by atoms with E-state index in [-0.39, 0.29) is 11.3 Å². The van der Waals surface area contributed by atoms with Crippen molar-refractivity contribution in [1.29, 1.82) is 0 Å². The number of nitrogens with one attached hydrogen (secondary N) is 2. The van der Waals surface area contributed by atoms with E-state index in [1.165, 1.54) is 0 Å². The Hall–Kier alpha value is -1.58. The average Bonchev–Trinajstić information content (AvgIpc) is 2.27. The molecule has 94 valence electrons. The summed E-state index contributed by atoms with van der Waals surface area (Å²) in [6.45, 7) is 7.16. The minimum absolute atomic E-state index is 0.0654. The highest BCUT2D eigenvalue weighted by molar-refractivity contribution is 5.93. The van der Waals surface area contributed by atoms with Crippen LogP contribution in [0.15, 0.2) is 18.3 Å². The fourth-order valence-electron chi connectivity index (χ4n) is 1.33. The molecule has 1 aromatic heterocycles. The predicted octanol–water partition coefficient (Wildman–Crippen LogP) is 2.29. The van der Waals surface area contributed by atoms with Gasteiger partial charge in [0, 0.05) is 19.8 Å². The van der Waals surface area contributed by atoms with Crippen molar-refractivity contribution in [2.24, 2.45) is 5.41 Å². The van der Waals surface area contributed by atoms with E-state index >= 15 is 0 Å². The van der Waals surface area contributed by atoms with Crippen LogP contribution < -0.4 is 10.6 Å². The van der Waals surface area contributed by atoms with Crippen molar-refractivity contribution < 1.29 is 4.79 Å². The molecule has 4 nitrogen and oxygen atoms in total. The number of amides is 1. The molecule has 0 radical (unpaired) electrons. The second-order valence-corrected chi connectivity index (χ2v) is 5.25. The lowest BCUT2D eigenvalue weighted by Crippen LogP contribution is -2.27. The molecule has 0 aliphatic rings. The first-order valence-corrected chi connectivity index (χ1v) is 5.84. The highest BCUT2D eigenvalue weighted by Gasteiger charge is 2.11. The molecule has 1 rings (SSSR count). The Bertz CT molecular complexity index is 365. The van der Waals surface area contributed by atoms with E-state index < -0.39 is 0 Å². The molecule has 4 heteroatoms. The highest BCUT2D eigenvalue weighted by Crippen LogP contribution is 2.17. The number of carbonyl (C=O) groups is 1. The maximum absolute atomic E-state index is 11.8. The Kier molecular flexibility index (Phi) is 4.49. The quantitative estimate of drug-likeness (QED) is 0.842. The first-order valence-electron chi connectivity index (χ1n) is 5.84. The van der Waals surface area contributed by atoms with Crippen LogP contribution in [0.5, 0.6) is 0 Å². The van der Waals surface area contributed by atoms with Crippen LogP contribution in [0.1, 0.15) is 37.6 Å². The molecule has 1 amide bonds. The summed E-state index contributed by atoms with van der Waals surface area (Å²) < 4.78 is 0. The lowest BCUT2D eigenvalue weighted by Gasteiger charge is -2.17. The molecule has 1 aromatic rings. The van der Waals surface area contributed by atoms with Crippen LogP contribution in [0, 0.1) is 5.41 Å². The Morgan fingerprint density at radius 3 is 2.53 bits per heavy atom. The van der Waals surface area contributed by atoms with Gasteiger partial charge in [-0.3, -0.25) is 4.79 Å². The van der Waals surface area contributed by atoms with Gasteiger partial charge in [0.15, 0.2) is 0 Å². The number of carbonyl (C=O) groups excluding carboxylic acids is 1. The third-order valence-corrected chi connectivity index (χ3v) is 2.44. The number of anilines is 1. The molecule has 0 spiro atoms. The third kappa shape index (κ3) is 4.85. The third-order valence-electron chi connectivity index (χ3n) is 2.44. The van der Waals surface area contributed by atoms with Gasteiger partial charge in [0.1, 0.15) is 5.82 Å². The second-order valence-electron chi connectivity index (χ2n) is 5.25. The maximum atomic E-state index is 11.8. The normalized spacial score (nSPS) is 11.1. The van der Waals surface area contributed by atoms with Crippen LogP contribution in [0.25, 0.3) is 0 Å². The summed E-state index contributed by atoms with van der Waals surface area (Å²) in [7, 11) is 1.80. The molecule has 0 aliphatic carbocycles. The monoisotopic (exact) mass is 235 g/mol. The summed E-state index contributed by atoms with van der Waals surface area (Å²) in [6.07, 6.45) is 2.54. The molecular weight excluding hydrogens is 214 g/mol. The van der Waals surface area contributed by atoms with Gasteiger partial charge in [0.25, 0.3) is 5.91 Å². The minimum atomic E-state index is -0.0654. The van der Waals surface area contributed by atoms with Crippen molar-refractivity contribution in [1.82, 2.24) is 10.3 Å². The van der Waals surface area contributed by atoms with Crippen LogP contribution >= 0.6 is 0 Å². The number of nitrogens with zero attached hydrogens (tertiary/aromatic N) is 1. The summed E-state index contributed by atoms with van der Waals surface area (Å²) in [5, 5.41) is 5.81. The van der Waals surface area contributed by atoms with E-state index in [0.29, 0.717) is 12.1 Å². The fraction of sp³-hybridized carbons (Fsp3) is 0.538. The SMILES string of the molecule is CNc1ccc(C(=O)NCCC(C)(C)C)cn1. The van der Waals surface area contributed by atoms with Gasteiger partial charge in [-0.15, -0.1) is 0 Å². The molecule has 0 saturated heterocycles. The Balaban J connectivity index is 2.47. The van der Waals surface area contributed by atoms with Crippen molar-refractivity contribution in [2.45, 2.75) is 27.2 Å². The molecule has 0 aromatic carbocycles. The van der Waals surface area contributed by atoms with Crippen LogP contribution in [-0.4, -0.2) is 24.5 Å². The van der Waals surface area contributed by atoms with E-state index in [9.17, 15) is 4.79 Å². The Morgan fingerprint density at radius 1 is 1.35 bits per heavy atom. The average molecular weight is 235 g/mol. The van der Waals surface area contributed by atoms with Crippen molar-refractivity contribution in [3.05, 3.63) is 23.9 Å². The van der Waals surface area contributed by atoms with Gasteiger partial charge >= 0.3 is 0 Å². The molecule has 0 saturated carbocycles. The smallest absolute Gasteiger partial charge is 0.252 e. The lowest BCUT2D eigenvalue weighted by molar-refractivity contribution is 0.0949. The molecule has 2 N–H and O–H groups in total. The molecule has 0 unspecified atom stereocenters. The van der Waals surface area contributed by atoms with Gasteiger partial charge < -0.3 is 10.6 Å². The summed E-state index contributed by atoms with van der Waals surface area (Å²) in [6, 6.07) is 3.56. The number of aromatic nitrogens is 1. The van der Waals surface area contributed by atoms with Gasteiger partial charge in [-0.2, -0.15) is 0 Å². The number of hydrogen-bond donors (Lipinski definition) is 2. The Morgan fingerprint density at radius 2 is 2.06 bits per heavy atom. The number of rotatable bonds is 4. The van der Waals surface area contributed by atoms with Gasteiger partial charge in [-0.1, -0.05) is 20.8 Å². The topological polar surface area (TPSA) is 54.0 Å². The molecule has 17 heavy (non-hydrogen) atoms. The van der Waals surface area contributed by atoms with E-state index in [0.717, 1.165) is 12.2 Å². The van der Waals surface area contributed by atoms with Gasteiger partial charge in [-0.05, 0) is 24.0 Å². The standard InChI is InChI=1S/C13H21N3O/c1-13(2,3)7-8-15-12(17)10-5-6-11(14-4)16-9-10/h5-6,9H,7-8H2,1-4H3,(H,14,16)(H,15,17). The lowest BCUT2D eigenvalue weighted by atomic mass is 9.92. The zero-order valence-electron chi connectivity index (χ0n) is 11.0. The fourth-order valence-corrected chi connectivity index (χ4v) is 1.33. The largest absolute Gasteiger partial charge is 0.373 e. The van der Waals surface area contributed by atoms with Crippen LogP contribution in [0.4, 0.5) is 5.82 Å². The van der Waals surface area contributed by atoms with E-state index in [1.807, 2.05) is 0 Å². The van der Waals surface area contributed by atoms with Crippen molar-refractivity contribution in [2.75, 3.05) is 18.9 Å². The van der Waals surface area contributed by atoms with E-state index in [4.69, 9.17) is 0 Å². The first-order chi connectivity index (χ1) is 7.92. The van der Waals surface area contributed by atoms with Crippen molar-refractivity contribution >= 4 is 11.7 Å². The number of pyridine rings is 1.